The molecule has 2 fully saturated rings. The van der Waals surface area contributed by atoms with E-state index in [1.54, 1.807) is 13.8 Å². The second-order valence-corrected chi connectivity index (χ2v) is 10.2. The number of methoxy groups -OCH3 is 1. The first-order chi connectivity index (χ1) is 17.3. The zero-order valence-electron chi connectivity index (χ0n) is 21.3. The zero-order valence-corrected chi connectivity index (χ0v) is 22.1. The maximum absolute atomic E-state index is 13.0. The monoisotopic (exact) mass is 546 g/mol. The van der Waals surface area contributed by atoms with Crippen LogP contribution in [0.3, 0.4) is 0 Å². The minimum Gasteiger partial charge on any atom is -0.475 e. The predicted octanol–water partition coefficient (Wildman–Crippen LogP) is 4.19. The number of amides is 2. The zero-order chi connectivity index (χ0) is 28.0. The largest absolute Gasteiger partial charge is 0.490 e. The summed E-state index contributed by atoms with van der Waals surface area (Å²) in [5, 5.41) is 10.4. The van der Waals surface area contributed by atoms with Crippen LogP contribution in [0.1, 0.15) is 58.1 Å². The summed E-state index contributed by atoms with van der Waals surface area (Å²) in [6.07, 6.45) is -0.116. The maximum Gasteiger partial charge on any atom is 0.490 e. The summed E-state index contributed by atoms with van der Waals surface area (Å²) < 4.78 is 36.7. The van der Waals surface area contributed by atoms with Gasteiger partial charge < -0.3 is 9.84 Å². The fourth-order valence-corrected chi connectivity index (χ4v) is 5.60. The molecule has 206 valence electrons. The van der Waals surface area contributed by atoms with Gasteiger partial charge in [0.1, 0.15) is 5.54 Å². The highest BCUT2D eigenvalue weighted by Crippen LogP contribution is 2.49. The van der Waals surface area contributed by atoms with E-state index < -0.39 is 41.5 Å². The fraction of sp³-hybridized carbons (Fsp3) is 0.600. The smallest absolute Gasteiger partial charge is 0.475 e. The Labute approximate surface area is 218 Å². The predicted molar refractivity (Wildman–Crippen MR) is 131 cm³/mol. The van der Waals surface area contributed by atoms with Gasteiger partial charge in [0.15, 0.2) is 0 Å². The molecular formula is C25H33F3N2O6S. The van der Waals surface area contributed by atoms with Gasteiger partial charge in [0.25, 0.3) is 0 Å². The van der Waals surface area contributed by atoms with Crippen molar-refractivity contribution in [3.05, 3.63) is 29.8 Å². The SMILES string of the molecule is CCCCCCSc1ccc([C@H]2N[C@@](C)(C(=O)OC)[C@H]3C(=O)N(CC)C(=O)[C@@H]23)cc1.O=C(O)C(F)(F)F. The van der Waals surface area contributed by atoms with E-state index in [0.717, 1.165) is 11.3 Å². The number of hydrogen-bond acceptors (Lipinski definition) is 7. The van der Waals surface area contributed by atoms with E-state index in [4.69, 9.17) is 14.6 Å². The van der Waals surface area contributed by atoms with Gasteiger partial charge in [-0.25, -0.2) is 4.79 Å². The van der Waals surface area contributed by atoms with Gasteiger partial charge in [0.2, 0.25) is 11.8 Å². The quantitative estimate of drug-likeness (QED) is 0.205. The van der Waals surface area contributed by atoms with Crippen LogP contribution in [0.2, 0.25) is 0 Å². The number of unbranched alkanes of at least 4 members (excludes halogenated alkanes) is 3. The Morgan fingerprint density at radius 1 is 1.11 bits per heavy atom. The Kier molecular flexibility index (Phi) is 10.6. The number of ether oxygens (including phenoxy) is 1. The second kappa shape index (κ2) is 12.8. The Morgan fingerprint density at radius 2 is 1.70 bits per heavy atom. The molecule has 2 heterocycles. The molecule has 3 rings (SSSR count). The van der Waals surface area contributed by atoms with Crippen LogP contribution in [0.4, 0.5) is 13.2 Å². The van der Waals surface area contributed by atoms with Gasteiger partial charge in [-0.3, -0.25) is 24.6 Å². The lowest BCUT2D eigenvalue weighted by Crippen LogP contribution is -2.53. The molecule has 37 heavy (non-hydrogen) atoms. The summed E-state index contributed by atoms with van der Waals surface area (Å²) in [6, 6.07) is 7.71. The van der Waals surface area contributed by atoms with Gasteiger partial charge in [-0.15, -0.1) is 11.8 Å². The molecule has 0 radical (unpaired) electrons. The lowest BCUT2D eigenvalue weighted by Gasteiger charge is -2.28. The van der Waals surface area contributed by atoms with Crippen molar-refractivity contribution in [2.45, 2.75) is 69.1 Å². The van der Waals surface area contributed by atoms with Gasteiger partial charge in [0, 0.05) is 17.5 Å². The molecule has 0 spiro atoms. The summed E-state index contributed by atoms with van der Waals surface area (Å²) in [5.41, 5.74) is -0.319. The van der Waals surface area contributed by atoms with Crippen molar-refractivity contribution < 1.29 is 42.2 Å². The second-order valence-electron chi connectivity index (χ2n) is 9.02. The van der Waals surface area contributed by atoms with Crippen LogP contribution in [0.25, 0.3) is 0 Å². The first-order valence-electron chi connectivity index (χ1n) is 12.1. The van der Waals surface area contributed by atoms with Crippen molar-refractivity contribution in [1.82, 2.24) is 10.2 Å². The first-order valence-corrected chi connectivity index (χ1v) is 13.1. The van der Waals surface area contributed by atoms with Crippen molar-refractivity contribution >= 4 is 35.5 Å². The minimum atomic E-state index is -5.08. The van der Waals surface area contributed by atoms with E-state index in [-0.39, 0.29) is 11.8 Å². The van der Waals surface area contributed by atoms with Crippen LogP contribution in [0, 0.1) is 11.8 Å². The number of aliphatic carboxylic acids is 1. The lowest BCUT2D eigenvalue weighted by atomic mass is 9.80. The van der Waals surface area contributed by atoms with Gasteiger partial charge in [-0.2, -0.15) is 13.2 Å². The number of likely N-dealkylation sites (tertiary alicyclic amines) is 1. The highest BCUT2D eigenvalue weighted by atomic mass is 32.2. The van der Waals surface area contributed by atoms with Crippen molar-refractivity contribution in [2.24, 2.45) is 11.8 Å². The van der Waals surface area contributed by atoms with E-state index in [2.05, 4.69) is 24.4 Å². The van der Waals surface area contributed by atoms with Gasteiger partial charge in [0.05, 0.1) is 18.9 Å². The molecule has 0 saturated carbocycles. The number of carboxylic acids is 1. The Bertz CT molecular complexity index is 988. The molecule has 12 heteroatoms. The number of nitrogens with zero attached hydrogens (tertiary/aromatic N) is 1. The number of hydrogen-bond donors (Lipinski definition) is 2. The third-order valence-corrected chi connectivity index (χ3v) is 7.65. The lowest BCUT2D eigenvalue weighted by molar-refractivity contribution is -0.192. The number of carbonyl (C=O) groups excluding carboxylic acids is 3. The van der Waals surface area contributed by atoms with Crippen molar-refractivity contribution in [3.63, 3.8) is 0 Å². The molecule has 1 aromatic rings. The van der Waals surface area contributed by atoms with E-state index in [9.17, 15) is 27.6 Å². The van der Waals surface area contributed by atoms with E-state index in [1.807, 2.05) is 23.9 Å². The Hall–Kier alpha value is -2.60. The molecule has 8 nitrogen and oxygen atoms in total. The van der Waals surface area contributed by atoms with Crippen molar-refractivity contribution in [3.8, 4) is 0 Å². The number of carboxylic acid groups (broad SMARTS) is 1. The van der Waals surface area contributed by atoms with E-state index in [0.29, 0.717) is 6.54 Å². The molecule has 0 bridgehead atoms. The Morgan fingerprint density at radius 3 is 2.19 bits per heavy atom. The standard InChI is InChI=1S/C23H32N2O4S.C2HF3O2/c1-5-7-8-9-14-30-16-12-10-15(11-13-16)19-17-18(21(27)25(6-2)20(17)26)23(3,24-19)22(28)29-4;3-2(4,5)1(6)7/h10-13,17-19,24H,5-9,14H2,1-4H3;(H,6,7)/t17-,18-,19-,23-;/m1./s1. The van der Waals surface area contributed by atoms with E-state index >= 15 is 0 Å². The van der Waals surface area contributed by atoms with Gasteiger partial charge in [-0.1, -0.05) is 38.3 Å². The third kappa shape index (κ3) is 6.84. The van der Waals surface area contributed by atoms with Gasteiger partial charge in [-0.05, 0) is 43.7 Å². The summed E-state index contributed by atoms with van der Waals surface area (Å²) in [7, 11) is 1.31. The maximum atomic E-state index is 13.0. The molecule has 4 atom stereocenters. The number of carbonyl (C=O) groups is 4. The molecule has 2 aliphatic rings. The molecule has 2 amide bonds. The van der Waals surface area contributed by atoms with Crippen LogP contribution >= 0.6 is 11.8 Å². The number of fused-ring (bicyclic) bond motifs is 1. The van der Waals surface area contributed by atoms with Crippen LogP contribution in [-0.4, -0.2) is 64.9 Å². The third-order valence-electron chi connectivity index (χ3n) is 6.55. The molecule has 0 aromatic heterocycles. The number of benzene rings is 1. The molecule has 2 saturated heterocycles. The number of nitrogens with one attached hydrogen (secondary N) is 1. The molecule has 0 aliphatic carbocycles. The average molecular weight is 547 g/mol. The summed E-state index contributed by atoms with van der Waals surface area (Å²) in [4.78, 5) is 49.9. The van der Waals surface area contributed by atoms with Crippen LogP contribution in [0.5, 0.6) is 0 Å². The number of alkyl halides is 3. The highest BCUT2D eigenvalue weighted by Gasteiger charge is 2.66. The van der Waals surface area contributed by atoms with Crippen molar-refractivity contribution in [2.75, 3.05) is 19.4 Å². The summed E-state index contributed by atoms with van der Waals surface area (Å²) >= 11 is 1.83. The number of rotatable bonds is 9. The molecule has 0 unspecified atom stereocenters. The van der Waals surface area contributed by atoms with Crippen LogP contribution in [-0.2, 0) is 23.9 Å². The first kappa shape index (κ1) is 30.6. The average Bonchev–Trinajstić information content (AvgIpc) is 3.31. The van der Waals surface area contributed by atoms with Gasteiger partial charge >= 0.3 is 18.1 Å². The number of esters is 1. The number of thioether (sulfide) groups is 1. The highest BCUT2D eigenvalue weighted by molar-refractivity contribution is 7.99. The normalized spacial score (nSPS) is 24.9. The van der Waals surface area contributed by atoms with Crippen LogP contribution in [0.15, 0.2) is 29.2 Å². The molecule has 2 aliphatic heterocycles. The fourth-order valence-electron chi connectivity index (χ4n) is 4.69. The summed E-state index contributed by atoms with van der Waals surface area (Å²) in [5.74, 6) is -4.05. The Balaban J connectivity index is 0.000000604. The molecule has 1 aromatic carbocycles. The topological polar surface area (TPSA) is 113 Å². The number of imide groups is 1. The molecular weight excluding hydrogens is 513 g/mol. The van der Waals surface area contributed by atoms with E-state index in [1.165, 1.54) is 42.6 Å². The summed E-state index contributed by atoms with van der Waals surface area (Å²) in [6.45, 7) is 5.96. The minimum absolute atomic E-state index is 0.216. The van der Waals surface area contributed by atoms with Crippen molar-refractivity contribution in [1.29, 1.82) is 0 Å². The van der Waals surface area contributed by atoms with Crippen LogP contribution < -0.4 is 5.32 Å². The molecule has 2 N–H and O–H groups in total. The number of halogens is 3.